The summed E-state index contributed by atoms with van der Waals surface area (Å²) in [7, 11) is -2.70. The van der Waals surface area contributed by atoms with Gasteiger partial charge in [0.25, 0.3) is 0 Å². The van der Waals surface area contributed by atoms with Crippen molar-refractivity contribution >= 4 is 7.60 Å². The molecule has 0 saturated carbocycles. The van der Waals surface area contributed by atoms with Gasteiger partial charge in [0.1, 0.15) is 17.6 Å². The molecule has 0 aliphatic heterocycles. The molecule has 2 aromatic carbocycles. The van der Waals surface area contributed by atoms with E-state index in [-0.39, 0.29) is 12.7 Å². The van der Waals surface area contributed by atoms with E-state index < -0.39 is 20.0 Å². The lowest BCUT2D eigenvalue weighted by Gasteiger charge is -2.21. The summed E-state index contributed by atoms with van der Waals surface area (Å²) in [5, 5.41) is 11.0. The molecular formula is C21H29O7P. The molecule has 1 unspecified atom stereocenters. The zero-order valence-corrected chi connectivity index (χ0v) is 18.3. The van der Waals surface area contributed by atoms with Crippen molar-refractivity contribution in [2.75, 3.05) is 20.3 Å². The van der Waals surface area contributed by atoms with E-state index in [1.54, 1.807) is 19.2 Å². The second-order valence-corrected chi connectivity index (χ2v) is 8.90. The van der Waals surface area contributed by atoms with Crippen LogP contribution in [0.15, 0.2) is 30.3 Å². The largest absolute Gasteiger partial charge is 0.481 e. The molecule has 3 N–H and O–H groups in total. The Morgan fingerprint density at radius 2 is 1.66 bits per heavy atom. The first kappa shape index (κ1) is 23.4. The molecule has 8 heteroatoms. The molecule has 160 valence electrons. The quantitative estimate of drug-likeness (QED) is 0.413. The number of hydrogen-bond acceptors (Lipinski definition) is 5. The minimum Gasteiger partial charge on any atom is -0.481 e. The molecule has 7 nitrogen and oxygen atoms in total. The van der Waals surface area contributed by atoms with E-state index in [4.69, 9.17) is 24.0 Å². The van der Waals surface area contributed by atoms with Crippen LogP contribution in [0.4, 0.5) is 0 Å². The van der Waals surface area contributed by atoms with Crippen LogP contribution >= 0.6 is 7.60 Å². The number of aliphatic hydroxyl groups is 1. The Morgan fingerprint density at radius 1 is 1.03 bits per heavy atom. The third-order valence-electron chi connectivity index (χ3n) is 4.54. The van der Waals surface area contributed by atoms with Crippen molar-refractivity contribution in [2.24, 2.45) is 0 Å². The molecule has 0 spiro atoms. The molecule has 0 fully saturated rings. The van der Waals surface area contributed by atoms with E-state index in [0.29, 0.717) is 11.5 Å². The molecule has 0 aromatic heterocycles. The van der Waals surface area contributed by atoms with Crippen LogP contribution in [-0.2, 0) is 9.30 Å². The standard InChI is InChI=1S/C21H29O7P/c1-13(2)18-10-16(6-7-19(18)27-11-26-5)21(22)20-14(3)8-17(9-15(20)4)28-12-29(23,24)25/h6-10,13,21-22H,11-12H2,1-5H3,(H2,23,24,25). The highest BCUT2D eigenvalue weighted by atomic mass is 31.2. The summed E-state index contributed by atoms with van der Waals surface area (Å²) in [5.41, 5.74) is 3.96. The maximum Gasteiger partial charge on any atom is 0.362 e. The zero-order valence-electron chi connectivity index (χ0n) is 17.4. The SMILES string of the molecule is COCOc1ccc(C(O)c2c(C)cc(OCP(=O)(O)O)cc2C)cc1C(C)C. The van der Waals surface area contributed by atoms with Crippen LogP contribution in [0.3, 0.4) is 0 Å². The number of ether oxygens (including phenoxy) is 3. The molecule has 0 amide bonds. The zero-order chi connectivity index (χ0) is 21.8. The summed E-state index contributed by atoms with van der Waals surface area (Å²) in [6.45, 7) is 7.91. The van der Waals surface area contributed by atoms with E-state index in [2.05, 4.69) is 13.8 Å². The Bertz CT molecular complexity index is 866. The van der Waals surface area contributed by atoms with Crippen LogP contribution in [0.5, 0.6) is 11.5 Å². The normalized spacial score (nSPS) is 12.9. The number of methoxy groups -OCH3 is 1. The Kier molecular flexibility index (Phi) is 7.86. The van der Waals surface area contributed by atoms with Gasteiger partial charge >= 0.3 is 7.60 Å². The molecule has 0 saturated heterocycles. The van der Waals surface area contributed by atoms with Gasteiger partial charge in [-0.2, -0.15) is 0 Å². The van der Waals surface area contributed by atoms with E-state index in [1.165, 1.54) is 0 Å². The Labute approximate surface area is 171 Å². The molecule has 1 atom stereocenters. The topological polar surface area (TPSA) is 105 Å². The van der Waals surface area contributed by atoms with Crippen molar-refractivity contribution in [3.63, 3.8) is 0 Å². The average Bonchev–Trinajstić information content (AvgIpc) is 2.63. The third-order valence-corrected chi connectivity index (χ3v) is 5.01. The van der Waals surface area contributed by atoms with E-state index >= 15 is 0 Å². The minimum absolute atomic E-state index is 0.149. The molecule has 0 bridgehead atoms. The van der Waals surface area contributed by atoms with Crippen LogP contribution in [0, 0.1) is 13.8 Å². The lowest BCUT2D eigenvalue weighted by molar-refractivity contribution is 0.0502. The van der Waals surface area contributed by atoms with Crippen LogP contribution in [-0.4, -0.2) is 35.1 Å². The third kappa shape index (κ3) is 6.29. The molecule has 0 aliphatic rings. The van der Waals surface area contributed by atoms with Crippen LogP contribution < -0.4 is 9.47 Å². The highest BCUT2D eigenvalue weighted by Crippen LogP contribution is 2.37. The molecular weight excluding hydrogens is 395 g/mol. The summed E-state index contributed by atoms with van der Waals surface area (Å²) in [4.78, 5) is 18.0. The first-order valence-electron chi connectivity index (χ1n) is 9.25. The van der Waals surface area contributed by atoms with Crippen molar-refractivity contribution in [3.05, 3.63) is 58.1 Å². The number of hydrogen-bond donors (Lipinski definition) is 3. The Balaban J connectivity index is 2.35. The van der Waals surface area contributed by atoms with Gasteiger partial charge in [0.2, 0.25) is 0 Å². The molecule has 0 radical (unpaired) electrons. The van der Waals surface area contributed by atoms with Crippen LogP contribution in [0.2, 0.25) is 0 Å². The fourth-order valence-electron chi connectivity index (χ4n) is 3.22. The molecule has 2 rings (SSSR count). The van der Waals surface area contributed by atoms with E-state index in [9.17, 15) is 9.67 Å². The molecule has 29 heavy (non-hydrogen) atoms. The summed E-state index contributed by atoms with van der Waals surface area (Å²) in [6, 6.07) is 8.91. The summed E-state index contributed by atoms with van der Waals surface area (Å²) in [5.74, 6) is 1.26. The van der Waals surface area contributed by atoms with Crippen molar-refractivity contribution in [1.29, 1.82) is 0 Å². The van der Waals surface area contributed by atoms with Gasteiger partial charge in [-0.05, 0) is 71.8 Å². The van der Waals surface area contributed by atoms with Crippen LogP contribution in [0.25, 0.3) is 0 Å². The fourth-order valence-corrected chi connectivity index (χ4v) is 3.53. The Hall–Kier alpha value is -1.89. The summed E-state index contributed by atoms with van der Waals surface area (Å²) >= 11 is 0. The first-order valence-corrected chi connectivity index (χ1v) is 11.1. The number of benzene rings is 2. The van der Waals surface area contributed by atoms with Gasteiger partial charge in [-0.3, -0.25) is 4.57 Å². The van der Waals surface area contributed by atoms with Crippen molar-refractivity contribution < 1.29 is 33.7 Å². The summed E-state index contributed by atoms with van der Waals surface area (Å²) in [6.07, 6.45) is -1.55. The van der Waals surface area contributed by atoms with Gasteiger partial charge in [0.05, 0.1) is 0 Å². The number of rotatable bonds is 9. The van der Waals surface area contributed by atoms with Crippen molar-refractivity contribution in [3.8, 4) is 11.5 Å². The predicted octanol–water partition coefficient (Wildman–Crippen LogP) is 4.01. The number of aryl methyl sites for hydroxylation is 2. The lowest BCUT2D eigenvalue weighted by atomic mass is 9.90. The molecule has 0 aliphatic carbocycles. The van der Waals surface area contributed by atoms with Gasteiger partial charge in [-0.1, -0.05) is 19.9 Å². The smallest absolute Gasteiger partial charge is 0.362 e. The van der Waals surface area contributed by atoms with Crippen LogP contribution in [0.1, 0.15) is 53.7 Å². The van der Waals surface area contributed by atoms with Crippen molar-refractivity contribution in [2.45, 2.75) is 39.7 Å². The number of aliphatic hydroxyl groups excluding tert-OH is 1. The second kappa shape index (κ2) is 9.74. The van der Waals surface area contributed by atoms with Gasteiger partial charge < -0.3 is 29.1 Å². The van der Waals surface area contributed by atoms with E-state index in [1.807, 2.05) is 32.0 Å². The minimum atomic E-state index is -4.26. The molecule has 2 aromatic rings. The van der Waals surface area contributed by atoms with E-state index in [0.717, 1.165) is 27.8 Å². The van der Waals surface area contributed by atoms with Crippen molar-refractivity contribution in [1.82, 2.24) is 0 Å². The van der Waals surface area contributed by atoms with Gasteiger partial charge in [-0.25, -0.2) is 0 Å². The highest BCUT2D eigenvalue weighted by molar-refractivity contribution is 7.51. The predicted molar refractivity (Wildman–Crippen MR) is 111 cm³/mol. The maximum atomic E-state index is 11.0. The Morgan fingerprint density at radius 3 is 2.17 bits per heavy atom. The monoisotopic (exact) mass is 424 g/mol. The average molecular weight is 424 g/mol. The first-order chi connectivity index (χ1) is 13.5. The van der Waals surface area contributed by atoms with Gasteiger partial charge in [0, 0.05) is 7.11 Å². The fraction of sp³-hybridized carbons (Fsp3) is 0.429. The van der Waals surface area contributed by atoms with Gasteiger partial charge in [-0.15, -0.1) is 0 Å². The van der Waals surface area contributed by atoms with Gasteiger partial charge in [0.15, 0.2) is 13.1 Å². The second-order valence-electron chi connectivity index (χ2n) is 7.31. The highest BCUT2D eigenvalue weighted by Gasteiger charge is 2.20. The molecule has 0 heterocycles. The lowest BCUT2D eigenvalue weighted by Crippen LogP contribution is -2.08. The summed E-state index contributed by atoms with van der Waals surface area (Å²) < 4.78 is 26.8. The maximum absolute atomic E-state index is 11.0.